The van der Waals surface area contributed by atoms with Gasteiger partial charge in [-0.15, -0.1) is 0 Å². The number of carbonyl (C=O) groups excluding carboxylic acids is 1. The van der Waals surface area contributed by atoms with Gasteiger partial charge in [0.05, 0.1) is 12.5 Å². The third-order valence-corrected chi connectivity index (χ3v) is 2.10. The molecule has 0 saturated heterocycles. The van der Waals surface area contributed by atoms with Gasteiger partial charge in [-0.05, 0) is 18.6 Å². The molecule has 5 nitrogen and oxygen atoms in total. The van der Waals surface area contributed by atoms with Crippen molar-refractivity contribution < 1.29 is 19.8 Å². The lowest BCUT2D eigenvalue weighted by Crippen LogP contribution is -2.41. The number of para-hydroxylation sites is 1. The van der Waals surface area contributed by atoms with Crippen LogP contribution >= 0.6 is 0 Å². The van der Waals surface area contributed by atoms with Gasteiger partial charge in [0.1, 0.15) is 6.54 Å². The number of rotatable bonds is 5. The molecule has 0 atom stereocenters. The molecule has 1 aromatic rings. The number of aryl methyl sites for hydroxylation is 1. The quantitative estimate of drug-likeness (QED) is 0.735. The van der Waals surface area contributed by atoms with Gasteiger partial charge in [0.2, 0.25) is 0 Å². The van der Waals surface area contributed by atoms with Crippen molar-refractivity contribution in [1.29, 1.82) is 0 Å². The number of carbonyl (C=O) groups is 2. The lowest BCUT2D eigenvalue weighted by Gasteiger charge is -2.24. The fourth-order valence-electron chi connectivity index (χ4n) is 1.46. The molecule has 0 aliphatic rings. The first-order valence-corrected chi connectivity index (χ1v) is 4.73. The van der Waals surface area contributed by atoms with Crippen molar-refractivity contribution in [3.05, 3.63) is 29.8 Å². The number of benzene rings is 1. The fourth-order valence-corrected chi connectivity index (χ4v) is 1.46. The van der Waals surface area contributed by atoms with E-state index in [1.807, 2.05) is 0 Å². The van der Waals surface area contributed by atoms with Crippen LogP contribution in [-0.4, -0.2) is 30.1 Å². The molecule has 0 fully saturated rings. The van der Waals surface area contributed by atoms with E-state index < -0.39 is 18.5 Å². The maximum atomic E-state index is 10.6. The van der Waals surface area contributed by atoms with Crippen LogP contribution in [-0.2, 0) is 9.59 Å². The first-order chi connectivity index (χ1) is 7.50. The predicted molar refractivity (Wildman–Crippen MR) is 56.0 cm³/mol. The molecule has 0 spiro atoms. The van der Waals surface area contributed by atoms with Crippen molar-refractivity contribution in [2.75, 3.05) is 18.0 Å². The van der Waals surface area contributed by atoms with Crippen molar-refractivity contribution in [3.8, 4) is 0 Å². The summed E-state index contributed by atoms with van der Waals surface area (Å²) < 4.78 is 0. The third-order valence-electron chi connectivity index (χ3n) is 2.10. The molecule has 0 aromatic heterocycles. The monoisotopic (exact) mass is 222 g/mol. The number of carboxylic acid groups (broad SMARTS) is 2. The second kappa shape index (κ2) is 5.16. The summed E-state index contributed by atoms with van der Waals surface area (Å²) in [5.41, 5.74) is 1.42. The average Bonchev–Trinajstić information content (AvgIpc) is 2.15. The van der Waals surface area contributed by atoms with Crippen LogP contribution < -0.4 is 10.0 Å². The second-order valence-electron chi connectivity index (χ2n) is 3.41. The Hall–Kier alpha value is -2.04. The van der Waals surface area contributed by atoms with Gasteiger partial charge in [0, 0.05) is 5.69 Å². The van der Waals surface area contributed by atoms with Crippen molar-refractivity contribution in [2.24, 2.45) is 0 Å². The maximum absolute atomic E-state index is 10.6. The van der Waals surface area contributed by atoms with Gasteiger partial charge < -0.3 is 19.9 Å². The summed E-state index contributed by atoms with van der Waals surface area (Å²) in [6, 6.07) is 7.00. The molecule has 0 aliphatic carbocycles. The summed E-state index contributed by atoms with van der Waals surface area (Å²) in [6.45, 7) is 0.995. The zero-order chi connectivity index (χ0) is 12.1. The minimum Gasteiger partial charge on any atom is -0.548 e. The highest BCUT2D eigenvalue weighted by Crippen LogP contribution is 2.18. The normalized spacial score (nSPS) is 9.81. The van der Waals surface area contributed by atoms with Crippen molar-refractivity contribution in [1.82, 2.24) is 0 Å². The highest BCUT2D eigenvalue weighted by Gasteiger charge is 2.12. The van der Waals surface area contributed by atoms with Crippen LogP contribution in [0.4, 0.5) is 5.69 Å². The smallest absolute Gasteiger partial charge is 0.323 e. The minimum atomic E-state index is -1.30. The van der Waals surface area contributed by atoms with Gasteiger partial charge >= 0.3 is 5.97 Å². The Kier molecular flexibility index (Phi) is 3.88. The average molecular weight is 222 g/mol. The van der Waals surface area contributed by atoms with E-state index in [2.05, 4.69) is 0 Å². The first kappa shape index (κ1) is 12.0. The predicted octanol–water partition coefficient (Wildman–Crippen LogP) is -0.364. The minimum absolute atomic E-state index is 0.362. The van der Waals surface area contributed by atoms with E-state index in [1.54, 1.807) is 31.2 Å². The van der Waals surface area contributed by atoms with E-state index in [4.69, 9.17) is 5.11 Å². The summed E-state index contributed by atoms with van der Waals surface area (Å²) in [5.74, 6) is -2.38. The third kappa shape index (κ3) is 3.27. The molecule has 0 aliphatic heterocycles. The van der Waals surface area contributed by atoms with Gasteiger partial charge in [-0.2, -0.15) is 0 Å². The topological polar surface area (TPSA) is 80.7 Å². The van der Waals surface area contributed by atoms with E-state index in [0.717, 1.165) is 5.56 Å². The molecule has 86 valence electrons. The van der Waals surface area contributed by atoms with Crippen LogP contribution in [0.5, 0.6) is 0 Å². The molecule has 1 aromatic carbocycles. The van der Waals surface area contributed by atoms with Crippen LogP contribution in [0.1, 0.15) is 5.56 Å². The lowest BCUT2D eigenvalue weighted by atomic mass is 10.2. The number of anilines is 1. The molecule has 0 unspecified atom stereocenters. The maximum Gasteiger partial charge on any atom is 0.323 e. The number of hydrogen-bond acceptors (Lipinski definition) is 4. The van der Waals surface area contributed by atoms with Crippen molar-refractivity contribution >= 4 is 17.6 Å². The molecular weight excluding hydrogens is 210 g/mol. The number of aliphatic carboxylic acids is 2. The Balaban J connectivity index is 2.96. The van der Waals surface area contributed by atoms with E-state index in [1.165, 1.54) is 4.90 Å². The zero-order valence-corrected chi connectivity index (χ0v) is 8.84. The van der Waals surface area contributed by atoms with Crippen LogP contribution in [0.15, 0.2) is 24.3 Å². The highest BCUT2D eigenvalue weighted by molar-refractivity contribution is 5.79. The van der Waals surface area contributed by atoms with Crippen molar-refractivity contribution in [3.63, 3.8) is 0 Å². The summed E-state index contributed by atoms with van der Waals surface area (Å²) in [5, 5.41) is 19.2. The van der Waals surface area contributed by atoms with Gasteiger partial charge in [0.25, 0.3) is 0 Å². The second-order valence-corrected chi connectivity index (χ2v) is 3.41. The first-order valence-electron chi connectivity index (χ1n) is 4.73. The van der Waals surface area contributed by atoms with Crippen LogP contribution in [0.3, 0.4) is 0 Å². The molecule has 1 N–H and O–H groups in total. The van der Waals surface area contributed by atoms with Gasteiger partial charge in [0.15, 0.2) is 0 Å². The van der Waals surface area contributed by atoms with Gasteiger partial charge in [-0.3, -0.25) is 4.79 Å². The molecule has 16 heavy (non-hydrogen) atoms. The van der Waals surface area contributed by atoms with Gasteiger partial charge in [-0.1, -0.05) is 18.2 Å². The number of carboxylic acids is 2. The molecule has 0 saturated carbocycles. The van der Waals surface area contributed by atoms with E-state index in [-0.39, 0.29) is 6.54 Å². The SMILES string of the molecule is Cc1ccccc1N(CC(=O)[O-])CC(=O)O. The van der Waals surface area contributed by atoms with Crippen molar-refractivity contribution in [2.45, 2.75) is 6.92 Å². The fraction of sp³-hybridized carbons (Fsp3) is 0.273. The lowest BCUT2D eigenvalue weighted by molar-refractivity contribution is -0.303. The largest absolute Gasteiger partial charge is 0.548 e. The summed E-state index contributed by atoms with van der Waals surface area (Å²) in [4.78, 5) is 22.4. The standard InChI is InChI=1S/C11H13NO4/c1-8-4-2-3-5-9(8)12(6-10(13)14)7-11(15)16/h2-5H,6-7H2,1H3,(H,13,14)(H,15,16)/p-1. The Morgan fingerprint density at radius 2 is 1.94 bits per heavy atom. The number of nitrogens with zero attached hydrogens (tertiary/aromatic N) is 1. The van der Waals surface area contributed by atoms with Crippen LogP contribution in [0.2, 0.25) is 0 Å². The molecule has 0 bridgehead atoms. The van der Waals surface area contributed by atoms with E-state index in [0.29, 0.717) is 5.69 Å². The molecule has 0 heterocycles. The Bertz CT molecular complexity index is 387. The highest BCUT2D eigenvalue weighted by atomic mass is 16.4. The Labute approximate surface area is 92.9 Å². The van der Waals surface area contributed by atoms with E-state index >= 15 is 0 Å². The molecule has 0 radical (unpaired) electrons. The summed E-state index contributed by atoms with van der Waals surface area (Å²) >= 11 is 0. The molecule has 1 rings (SSSR count). The summed E-state index contributed by atoms with van der Waals surface area (Å²) in [6.07, 6.45) is 0. The molecular formula is C11H12NO4-. The Morgan fingerprint density at radius 3 is 2.44 bits per heavy atom. The van der Waals surface area contributed by atoms with Crippen LogP contribution in [0, 0.1) is 6.92 Å². The van der Waals surface area contributed by atoms with Crippen LogP contribution in [0.25, 0.3) is 0 Å². The zero-order valence-electron chi connectivity index (χ0n) is 8.84. The van der Waals surface area contributed by atoms with E-state index in [9.17, 15) is 14.7 Å². The Morgan fingerprint density at radius 1 is 1.31 bits per heavy atom. The molecule has 5 heteroatoms. The van der Waals surface area contributed by atoms with Gasteiger partial charge in [-0.25, -0.2) is 0 Å². The molecule has 0 amide bonds. The number of hydrogen-bond donors (Lipinski definition) is 1. The summed E-state index contributed by atoms with van der Waals surface area (Å²) in [7, 11) is 0.